The quantitative estimate of drug-likeness (QED) is 0.430. The number of benzene rings is 1. The Morgan fingerprint density at radius 3 is 2.56 bits per heavy atom. The van der Waals surface area contributed by atoms with Crippen LogP contribution in [0.2, 0.25) is 0 Å². The summed E-state index contributed by atoms with van der Waals surface area (Å²) in [7, 11) is 0. The minimum Gasteiger partial charge on any atom is -0.442 e. The van der Waals surface area contributed by atoms with Gasteiger partial charge in [0.05, 0.1) is 24.5 Å². The molecule has 1 aromatic rings. The Hall–Kier alpha value is -2.01. The molecule has 3 rings (SSSR count). The average Bonchev–Trinajstić information content (AvgIpc) is 3.10. The van der Waals surface area contributed by atoms with Crippen molar-refractivity contribution in [3.05, 3.63) is 24.0 Å². The lowest BCUT2D eigenvalue weighted by Gasteiger charge is -2.42. The SMILES string of the molecule is CC(=O)NCC1CN(c2ccc(N3CCN(C(NC=O)C(Cl)(Cl)Cl)CC3)c(F)c2)C(=O)O1. The van der Waals surface area contributed by atoms with Crippen LogP contribution in [0, 0.1) is 5.82 Å². The van der Waals surface area contributed by atoms with Gasteiger partial charge in [-0.25, -0.2) is 9.18 Å². The predicted octanol–water partition coefficient (Wildman–Crippen LogP) is 1.85. The molecule has 0 aliphatic carbocycles. The molecule has 3 amide bonds. The smallest absolute Gasteiger partial charge is 0.414 e. The number of amides is 3. The molecule has 0 saturated carbocycles. The van der Waals surface area contributed by atoms with Gasteiger partial charge in [-0.1, -0.05) is 34.8 Å². The fourth-order valence-corrected chi connectivity index (χ4v) is 4.31. The number of carbonyl (C=O) groups is 3. The third-order valence-corrected chi connectivity index (χ3v) is 5.87. The molecule has 13 heteroatoms. The van der Waals surface area contributed by atoms with Crippen molar-refractivity contribution in [1.82, 2.24) is 15.5 Å². The van der Waals surface area contributed by atoms with E-state index in [1.165, 1.54) is 17.9 Å². The summed E-state index contributed by atoms with van der Waals surface area (Å²) in [5, 5.41) is 5.10. The lowest BCUT2D eigenvalue weighted by Crippen LogP contribution is -2.59. The van der Waals surface area contributed by atoms with E-state index in [4.69, 9.17) is 39.5 Å². The molecule has 0 radical (unpaired) electrons. The number of ether oxygens (including phenoxy) is 1. The van der Waals surface area contributed by atoms with E-state index < -0.39 is 28.0 Å². The van der Waals surface area contributed by atoms with Gasteiger partial charge in [0.2, 0.25) is 16.1 Å². The summed E-state index contributed by atoms with van der Waals surface area (Å²) in [5.41, 5.74) is 0.746. The number of rotatable bonds is 7. The number of alkyl halides is 3. The number of piperazine rings is 1. The van der Waals surface area contributed by atoms with Crippen LogP contribution in [0.25, 0.3) is 0 Å². The highest BCUT2D eigenvalue weighted by atomic mass is 35.6. The zero-order chi connectivity index (χ0) is 23.5. The van der Waals surface area contributed by atoms with E-state index in [2.05, 4.69) is 10.6 Å². The van der Waals surface area contributed by atoms with Gasteiger partial charge in [-0.3, -0.25) is 19.4 Å². The van der Waals surface area contributed by atoms with Crippen molar-refractivity contribution in [1.29, 1.82) is 0 Å². The van der Waals surface area contributed by atoms with Gasteiger partial charge in [-0.15, -0.1) is 0 Å². The molecular weight excluding hydrogens is 488 g/mol. The van der Waals surface area contributed by atoms with Crippen molar-refractivity contribution in [2.24, 2.45) is 0 Å². The van der Waals surface area contributed by atoms with Crippen molar-refractivity contribution in [3.63, 3.8) is 0 Å². The standard InChI is InChI=1S/C19H23Cl3FN5O4/c1-12(30)24-9-14-10-28(18(31)32-14)13-2-3-16(15(23)8-13)26-4-6-27(7-5-26)17(25-11-29)19(20,21)22/h2-3,8,11,14,17H,4-7,9-10H2,1H3,(H,24,30)(H,25,29). The van der Waals surface area contributed by atoms with Gasteiger partial charge in [0.1, 0.15) is 18.1 Å². The highest BCUT2D eigenvalue weighted by molar-refractivity contribution is 6.68. The molecule has 0 aromatic heterocycles. The summed E-state index contributed by atoms with van der Waals surface area (Å²) in [4.78, 5) is 39.0. The van der Waals surface area contributed by atoms with Crippen molar-refractivity contribution >= 4 is 64.6 Å². The number of anilines is 2. The molecule has 32 heavy (non-hydrogen) atoms. The Morgan fingerprint density at radius 2 is 2.00 bits per heavy atom. The normalized spacial score (nSPS) is 20.7. The van der Waals surface area contributed by atoms with Crippen LogP contribution < -0.4 is 20.4 Å². The monoisotopic (exact) mass is 509 g/mol. The van der Waals surface area contributed by atoms with Crippen LogP contribution in [-0.2, 0) is 14.3 Å². The summed E-state index contributed by atoms with van der Waals surface area (Å²) >= 11 is 17.9. The molecule has 9 nitrogen and oxygen atoms in total. The van der Waals surface area contributed by atoms with Gasteiger partial charge in [0, 0.05) is 33.1 Å². The van der Waals surface area contributed by atoms with E-state index in [0.29, 0.717) is 44.0 Å². The highest BCUT2D eigenvalue weighted by Crippen LogP contribution is 2.33. The first-order valence-corrected chi connectivity index (χ1v) is 11.0. The van der Waals surface area contributed by atoms with Crippen LogP contribution >= 0.6 is 34.8 Å². The van der Waals surface area contributed by atoms with Gasteiger partial charge in [0.15, 0.2) is 0 Å². The van der Waals surface area contributed by atoms with Crippen LogP contribution in [0.5, 0.6) is 0 Å². The second-order valence-corrected chi connectivity index (χ2v) is 9.81. The van der Waals surface area contributed by atoms with Crippen molar-refractivity contribution in [3.8, 4) is 0 Å². The summed E-state index contributed by atoms with van der Waals surface area (Å²) in [5.74, 6) is -0.713. The minimum absolute atomic E-state index is 0.191. The number of halogens is 4. The molecule has 2 atom stereocenters. The summed E-state index contributed by atoms with van der Waals surface area (Å²) in [6.45, 7) is 3.53. The summed E-state index contributed by atoms with van der Waals surface area (Å²) < 4.78 is 18.4. The molecule has 176 valence electrons. The lowest BCUT2D eigenvalue weighted by atomic mass is 10.2. The summed E-state index contributed by atoms with van der Waals surface area (Å²) in [6, 6.07) is 4.53. The number of hydrogen-bond acceptors (Lipinski definition) is 6. The Labute approximate surface area is 199 Å². The minimum atomic E-state index is -1.71. The van der Waals surface area contributed by atoms with Gasteiger partial charge >= 0.3 is 6.09 Å². The highest BCUT2D eigenvalue weighted by Gasteiger charge is 2.39. The molecule has 2 N–H and O–H groups in total. The first-order chi connectivity index (χ1) is 15.1. The van der Waals surface area contributed by atoms with Crippen molar-refractivity contribution < 1.29 is 23.5 Å². The van der Waals surface area contributed by atoms with Crippen LogP contribution in [0.15, 0.2) is 18.2 Å². The number of nitrogens with zero attached hydrogens (tertiary/aromatic N) is 3. The second-order valence-electron chi connectivity index (χ2n) is 7.44. The van der Waals surface area contributed by atoms with Gasteiger partial charge in [-0.2, -0.15) is 0 Å². The van der Waals surface area contributed by atoms with E-state index in [1.54, 1.807) is 17.0 Å². The van der Waals surface area contributed by atoms with Crippen LogP contribution in [0.3, 0.4) is 0 Å². The number of hydrogen-bond donors (Lipinski definition) is 2. The zero-order valence-corrected chi connectivity index (χ0v) is 19.5. The van der Waals surface area contributed by atoms with Gasteiger partial charge in [-0.05, 0) is 18.2 Å². The maximum absolute atomic E-state index is 14.9. The van der Waals surface area contributed by atoms with E-state index in [-0.39, 0.29) is 19.0 Å². The maximum atomic E-state index is 14.9. The Bertz CT molecular complexity index is 864. The lowest BCUT2D eigenvalue weighted by molar-refractivity contribution is -0.119. The molecule has 2 saturated heterocycles. The van der Waals surface area contributed by atoms with Crippen molar-refractivity contribution in [2.45, 2.75) is 23.0 Å². The molecule has 2 heterocycles. The van der Waals surface area contributed by atoms with Gasteiger partial charge < -0.3 is 20.3 Å². The molecule has 1 aromatic carbocycles. The summed E-state index contributed by atoms with van der Waals surface area (Å²) in [6.07, 6.45) is -1.43. The topological polar surface area (TPSA) is 94.2 Å². The maximum Gasteiger partial charge on any atom is 0.414 e. The van der Waals surface area contributed by atoms with E-state index in [0.717, 1.165) is 0 Å². The molecule has 0 bridgehead atoms. The van der Waals surface area contributed by atoms with Crippen LogP contribution in [0.4, 0.5) is 20.6 Å². The molecular formula is C19H23Cl3FN5O4. The van der Waals surface area contributed by atoms with E-state index in [9.17, 15) is 18.8 Å². The van der Waals surface area contributed by atoms with Crippen LogP contribution in [-0.4, -0.2) is 78.6 Å². The van der Waals surface area contributed by atoms with E-state index in [1.807, 2.05) is 4.90 Å². The third-order valence-electron chi connectivity index (χ3n) is 5.25. The fourth-order valence-electron chi connectivity index (χ4n) is 3.71. The molecule has 2 aliphatic rings. The van der Waals surface area contributed by atoms with E-state index >= 15 is 0 Å². The molecule has 0 spiro atoms. The molecule has 2 unspecified atom stereocenters. The zero-order valence-electron chi connectivity index (χ0n) is 17.2. The largest absolute Gasteiger partial charge is 0.442 e. The van der Waals surface area contributed by atoms with Crippen molar-refractivity contribution in [2.75, 3.05) is 49.1 Å². The molecule has 2 aliphatic heterocycles. The van der Waals surface area contributed by atoms with Crippen LogP contribution in [0.1, 0.15) is 6.92 Å². The number of cyclic esters (lactones) is 1. The second kappa shape index (κ2) is 10.3. The average molecular weight is 511 g/mol. The Morgan fingerprint density at radius 1 is 1.31 bits per heavy atom. The first kappa shape index (κ1) is 24.6. The Kier molecular flexibility index (Phi) is 7.92. The first-order valence-electron chi connectivity index (χ1n) is 9.87. The number of carbonyl (C=O) groups excluding carboxylic acids is 3. The van der Waals surface area contributed by atoms with Gasteiger partial charge in [0.25, 0.3) is 0 Å². The number of nitrogens with one attached hydrogen (secondary N) is 2. The molecule has 2 fully saturated rings. The predicted molar refractivity (Wildman–Crippen MR) is 120 cm³/mol. The Balaban J connectivity index is 1.63. The third kappa shape index (κ3) is 5.86. The fraction of sp³-hybridized carbons (Fsp3) is 0.526.